The molecule has 0 saturated carbocycles. The van der Waals surface area contributed by atoms with E-state index in [1.54, 1.807) is 37.3 Å². The van der Waals surface area contributed by atoms with E-state index in [4.69, 9.17) is 4.42 Å². The van der Waals surface area contributed by atoms with Crippen molar-refractivity contribution in [2.75, 3.05) is 4.90 Å². The van der Waals surface area contributed by atoms with Crippen molar-refractivity contribution in [2.45, 2.75) is 20.8 Å². The van der Waals surface area contributed by atoms with Crippen LogP contribution in [-0.2, 0) is 9.59 Å². The van der Waals surface area contributed by atoms with E-state index in [-0.39, 0.29) is 5.57 Å². The van der Waals surface area contributed by atoms with Gasteiger partial charge in [-0.3, -0.25) is 14.9 Å². The summed E-state index contributed by atoms with van der Waals surface area (Å²) in [5.41, 5.74) is 2.79. The van der Waals surface area contributed by atoms with Gasteiger partial charge in [-0.15, -0.1) is 0 Å². The molecule has 1 aromatic carbocycles. The van der Waals surface area contributed by atoms with Gasteiger partial charge in [0.2, 0.25) is 0 Å². The topological polar surface area (TPSA) is 79.6 Å². The first-order chi connectivity index (χ1) is 12.3. The normalized spacial score (nSPS) is 17.0. The van der Waals surface area contributed by atoms with E-state index in [1.807, 2.05) is 19.9 Å². The lowest BCUT2D eigenvalue weighted by molar-refractivity contribution is -0.122. The summed E-state index contributed by atoms with van der Waals surface area (Å²) in [6.07, 6.45) is 4.68. The van der Waals surface area contributed by atoms with E-state index in [1.165, 1.54) is 12.3 Å². The van der Waals surface area contributed by atoms with Crippen LogP contribution in [0, 0.1) is 13.8 Å². The van der Waals surface area contributed by atoms with Crippen LogP contribution in [0.3, 0.4) is 0 Å². The van der Waals surface area contributed by atoms with Crippen molar-refractivity contribution >= 4 is 29.6 Å². The molecule has 1 N–H and O–H groups in total. The lowest BCUT2D eigenvalue weighted by atomic mass is 10.1. The fourth-order valence-electron chi connectivity index (χ4n) is 2.84. The number of nitrogens with zero attached hydrogens (tertiary/aromatic N) is 1. The molecule has 3 rings (SSSR count). The Balaban J connectivity index is 1.99. The standard InChI is InChI=1S/C20H18N2O4/c1-12-7-13(2)9-15(8-12)22-19(24)17(18(23)21-20(22)25)11-14(3)10-16-5-4-6-26-16/h4-11H,1-3H3,(H,21,23,25)/b14-10+,17-11+. The van der Waals surface area contributed by atoms with E-state index < -0.39 is 17.8 Å². The first-order valence-corrected chi connectivity index (χ1v) is 8.07. The number of barbiturate groups is 1. The summed E-state index contributed by atoms with van der Waals surface area (Å²) in [5.74, 6) is -0.769. The summed E-state index contributed by atoms with van der Waals surface area (Å²) in [7, 11) is 0. The number of furan rings is 1. The zero-order chi connectivity index (χ0) is 18.8. The highest BCUT2D eigenvalue weighted by Crippen LogP contribution is 2.24. The minimum atomic E-state index is -0.755. The van der Waals surface area contributed by atoms with Crippen LogP contribution in [0.25, 0.3) is 6.08 Å². The van der Waals surface area contributed by atoms with Crippen LogP contribution >= 0.6 is 0 Å². The molecule has 0 atom stereocenters. The van der Waals surface area contributed by atoms with Gasteiger partial charge in [-0.2, -0.15) is 0 Å². The fourth-order valence-corrected chi connectivity index (χ4v) is 2.84. The minimum Gasteiger partial charge on any atom is -0.465 e. The van der Waals surface area contributed by atoms with Crippen LogP contribution in [0.15, 0.2) is 58.2 Å². The molecule has 0 unspecified atom stereocenters. The maximum absolute atomic E-state index is 12.8. The molecule has 26 heavy (non-hydrogen) atoms. The molecular weight excluding hydrogens is 332 g/mol. The van der Waals surface area contributed by atoms with Gasteiger partial charge < -0.3 is 4.42 Å². The zero-order valence-corrected chi connectivity index (χ0v) is 14.7. The molecule has 1 aliphatic rings. The van der Waals surface area contributed by atoms with Crippen molar-refractivity contribution in [3.05, 3.63) is 70.7 Å². The average molecular weight is 350 g/mol. The van der Waals surface area contributed by atoms with E-state index in [0.29, 0.717) is 17.0 Å². The predicted molar refractivity (Wildman–Crippen MR) is 97.4 cm³/mol. The Morgan fingerprint density at radius 1 is 1.12 bits per heavy atom. The van der Waals surface area contributed by atoms with Crippen molar-refractivity contribution in [3.8, 4) is 0 Å². The molecule has 2 aromatic rings. The molecule has 6 nitrogen and oxygen atoms in total. The first-order valence-electron chi connectivity index (χ1n) is 8.07. The summed E-state index contributed by atoms with van der Waals surface area (Å²) in [6.45, 7) is 5.50. The Hall–Kier alpha value is -3.41. The van der Waals surface area contributed by atoms with Crippen LogP contribution in [0.1, 0.15) is 23.8 Å². The number of nitrogens with one attached hydrogen (secondary N) is 1. The van der Waals surface area contributed by atoms with Gasteiger partial charge in [0.25, 0.3) is 11.8 Å². The highest BCUT2D eigenvalue weighted by molar-refractivity contribution is 6.37. The van der Waals surface area contributed by atoms with Crippen molar-refractivity contribution < 1.29 is 18.8 Å². The number of hydrogen-bond acceptors (Lipinski definition) is 4. The lowest BCUT2D eigenvalue weighted by Gasteiger charge is -2.27. The molecule has 1 saturated heterocycles. The monoisotopic (exact) mass is 350 g/mol. The second kappa shape index (κ2) is 6.84. The smallest absolute Gasteiger partial charge is 0.335 e. The maximum Gasteiger partial charge on any atom is 0.335 e. The number of amides is 4. The van der Waals surface area contributed by atoms with Crippen molar-refractivity contribution in [2.24, 2.45) is 0 Å². The number of aryl methyl sites for hydroxylation is 2. The van der Waals surface area contributed by atoms with E-state index >= 15 is 0 Å². The highest BCUT2D eigenvalue weighted by atomic mass is 16.3. The van der Waals surface area contributed by atoms with Gasteiger partial charge in [-0.1, -0.05) is 6.07 Å². The summed E-state index contributed by atoms with van der Waals surface area (Å²) < 4.78 is 5.23. The van der Waals surface area contributed by atoms with Gasteiger partial charge in [-0.05, 0) is 73.9 Å². The third-order valence-electron chi connectivity index (χ3n) is 3.85. The Morgan fingerprint density at radius 2 is 1.81 bits per heavy atom. The van der Waals surface area contributed by atoms with Gasteiger partial charge in [0.05, 0.1) is 12.0 Å². The van der Waals surface area contributed by atoms with Crippen molar-refractivity contribution in [1.29, 1.82) is 0 Å². The van der Waals surface area contributed by atoms with Gasteiger partial charge in [0.15, 0.2) is 0 Å². The molecule has 6 heteroatoms. The van der Waals surface area contributed by atoms with E-state index in [0.717, 1.165) is 16.0 Å². The quantitative estimate of drug-likeness (QED) is 0.679. The summed E-state index contributed by atoms with van der Waals surface area (Å²) in [6, 6.07) is 8.14. The molecule has 0 spiro atoms. The Morgan fingerprint density at radius 3 is 2.42 bits per heavy atom. The van der Waals surface area contributed by atoms with E-state index in [2.05, 4.69) is 5.32 Å². The molecule has 0 radical (unpaired) electrons. The Kier molecular flexibility index (Phi) is 4.58. The van der Waals surface area contributed by atoms with Gasteiger partial charge in [0.1, 0.15) is 11.3 Å². The molecule has 1 fully saturated rings. The molecule has 0 aliphatic carbocycles. The summed E-state index contributed by atoms with van der Waals surface area (Å²) in [5, 5.41) is 2.22. The number of urea groups is 1. The molecule has 132 valence electrons. The van der Waals surface area contributed by atoms with Gasteiger partial charge >= 0.3 is 6.03 Å². The number of imide groups is 2. The largest absolute Gasteiger partial charge is 0.465 e. The molecule has 1 aliphatic heterocycles. The summed E-state index contributed by atoms with van der Waals surface area (Å²) in [4.78, 5) is 38.2. The molecule has 2 heterocycles. The van der Waals surface area contributed by atoms with Crippen LogP contribution in [0.2, 0.25) is 0 Å². The fraction of sp³-hybridized carbons (Fsp3) is 0.150. The number of benzene rings is 1. The molecule has 1 aromatic heterocycles. The van der Waals surface area contributed by atoms with Crippen molar-refractivity contribution in [3.63, 3.8) is 0 Å². The van der Waals surface area contributed by atoms with Gasteiger partial charge in [0, 0.05) is 0 Å². The molecule has 4 amide bonds. The highest BCUT2D eigenvalue weighted by Gasteiger charge is 2.36. The SMILES string of the molecule is CC(=C\c1ccco1)/C=C1\C(=O)NC(=O)N(c2cc(C)cc(C)c2)C1=O. The maximum atomic E-state index is 12.8. The second-order valence-electron chi connectivity index (χ2n) is 6.21. The molecular formula is C20H18N2O4. The predicted octanol–water partition coefficient (Wildman–Crippen LogP) is 3.51. The number of anilines is 1. The van der Waals surface area contributed by atoms with Crippen LogP contribution in [-0.4, -0.2) is 17.8 Å². The lowest BCUT2D eigenvalue weighted by Crippen LogP contribution is -2.54. The molecule has 0 bridgehead atoms. The number of carbonyl (C=O) groups is 3. The number of allylic oxidation sites excluding steroid dienone is 2. The van der Waals surface area contributed by atoms with Crippen LogP contribution in [0.4, 0.5) is 10.5 Å². The number of rotatable bonds is 3. The summed E-state index contributed by atoms with van der Waals surface area (Å²) >= 11 is 0. The Bertz CT molecular complexity index is 932. The van der Waals surface area contributed by atoms with E-state index in [9.17, 15) is 14.4 Å². The zero-order valence-electron chi connectivity index (χ0n) is 14.7. The Labute approximate surface area is 150 Å². The first kappa shape index (κ1) is 17.4. The van der Waals surface area contributed by atoms with Crippen LogP contribution in [0.5, 0.6) is 0 Å². The van der Waals surface area contributed by atoms with Crippen LogP contribution < -0.4 is 10.2 Å². The third-order valence-corrected chi connectivity index (χ3v) is 3.85. The second-order valence-corrected chi connectivity index (χ2v) is 6.21. The number of hydrogen-bond donors (Lipinski definition) is 1. The van der Waals surface area contributed by atoms with Gasteiger partial charge in [-0.25, -0.2) is 9.69 Å². The minimum absolute atomic E-state index is 0.107. The van der Waals surface area contributed by atoms with Crippen molar-refractivity contribution in [1.82, 2.24) is 5.32 Å². The third kappa shape index (κ3) is 3.49. The average Bonchev–Trinajstić information content (AvgIpc) is 3.03. The number of carbonyl (C=O) groups excluding carboxylic acids is 3.